The van der Waals surface area contributed by atoms with E-state index >= 15 is 0 Å². The van der Waals surface area contributed by atoms with E-state index < -0.39 is 0 Å². The summed E-state index contributed by atoms with van der Waals surface area (Å²) in [7, 11) is 7.88. The monoisotopic (exact) mass is 626 g/mol. The van der Waals surface area contributed by atoms with Gasteiger partial charge in [0.05, 0.1) is 22.5 Å². The van der Waals surface area contributed by atoms with Crippen molar-refractivity contribution in [2.75, 3.05) is 28.2 Å². The molecule has 2 N–H and O–H groups in total. The molecule has 0 aromatic heterocycles. The van der Waals surface area contributed by atoms with E-state index in [0.717, 1.165) is 99.3 Å². The molecule has 250 valence electrons. The molecule has 0 saturated heterocycles. The van der Waals surface area contributed by atoms with Crippen molar-refractivity contribution in [2.45, 2.75) is 105 Å². The predicted molar refractivity (Wildman–Crippen MR) is 197 cm³/mol. The van der Waals surface area contributed by atoms with Gasteiger partial charge in [-0.2, -0.15) is 0 Å². The average molecular weight is 627 g/mol. The summed E-state index contributed by atoms with van der Waals surface area (Å²) >= 11 is 0. The Morgan fingerprint density at radius 1 is 0.543 bits per heavy atom. The predicted octanol–water partition coefficient (Wildman–Crippen LogP) is 9.75. The zero-order valence-corrected chi connectivity index (χ0v) is 29.8. The molecule has 0 saturated carbocycles. The van der Waals surface area contributed by atoms with Gasteiger partial charge in [0.2, 0.25) is 0 Å². The Morgan fingerprint density at radius 2 is 0.891 bits per heavy atom. The number of aryl methyl sites for hydroxylation is 4. The number of hydrogen-bond donors (Lipinski definition) is 2. The smallest absolute Gasteiger partial charge is 0.139 e. The second-order valence-corrected chi connectivity index (χ2v) is 12.9. The minimum absolute atomic E-state index is 0.310. The third kappa shape index (κ3) is 9.85. The Balaban J connectivity index is 2.22. The van der Waals surface area contributed by atoms with Crippen molar-refractivity contribution in [3.8, 4) is 11.5 Å². The van der Waals surface area contributed by atoms with Crippen molar-refractivity contribution in [1.29, 1.82) is 0 Å². The number of hydrogen-bond acceptors (Lipinski definition) is 4. The van der Waals surface area contributed by atoms with Crippen molar-refractivity contribution >= 4 is 23.0 Å². The fraction of sp³-hybridized carbons (Fsp3) is 0.500. The van der Waals surface area contributed by atoms with E-state index in [9.17, 15) is 10.2 Å². The van der Waals surface area contributed by atoms with Gasteiger partial charge in [-0.15, -0.1) is 0 Å². The molecule has 46 heavy (non-hydrogen) atoms. The first kappa shape index (κ1) is 36.7. The molecule has 0 bridgehead atoms. The van der Waals surface area contributed by atoms with Crippen LogP contribution in [0.25, 0.3) is 0 Å². The van der Waals surface area contributed by atoms with Gasteiger partial charge in [-0.1, -0.05) is 77.6 Å². The molecule has 3 rings (SSSR count). The Kier molecular flexibility index (Phi) is 14.6. The van der Waals surface area contributed by atoms with Gasteiger partial charge in [0, 0.05) is 28.2 Å². The van der Waals surface area contributed by atoms with E-state index in [1.165, 1.54) is 11.1 Å². The van der Waals surface area contributed by atoms with Crippen molar-refractivity contribution in [1.82, 2.24) is 9.80 Å². The third-order valence-electron chi connectivity index (χ3n) is 8.40. The van der Waals surface area contributed by atoms with Gasteiger partial charge < -0.3 is 20.0 Å². The first-order valence-electron chi connectivity index (χ1n) is 17.5. The summed E-state index contributed by atoms with van der Waals surface area (Å²) in [6.45, 7) is 8.77. The molecule has 0 aliphatic carbocycles. The minimum Gasteiger partial charge on any atom is -0.507 e. The van der Waals surface area contributed by atoms with E-state index in [1.807, 2.05) is 62.3 Å². The van der Waals surface area contributed by atoms with Crippen molar-refractivity contribution in [2.24, 2.45) is 9.98 Å². The number of rotatable bonds is 16. The van der Waals surface area contributed by atoms with Gasteiger partial charge >= 0.3 is 0 Å². The molecule has 0 atom stereocenters. The molecule has 6 nitrogen and oxygen atoms in total. The molecular weight excluding hydrogens is 568 g/mol. The quantitative estimate of drug-likeness (QED) is 0.123. The van der Waals surface area contributed by atoms with Crippen LogP contribution in [0.1, 0.15) is 112 Å². The van der Waals surface area contributed by atoms with Gasteiger partial charge in [0.15, 0.2) is 0 Å². The molecule has 0 radical (unpaired) electrons. The van der Waals surface area contributed by atoms with Crippen molar-refractivity contribution in [3.05, 3.63) is 81.9 Å². The first-order valence-corrected chi connectivity index (χ1v) is 17.5. The number of nitrogens with zero attached hydrogens (tertiary/aromatic N) is 4. The zero-order chi connectivity index (χ0) is 33.6. The lowest BCUT2D eigenvalue weighted by Crippen LogP contribution is -2.24. The lowest BCUT2D eigenvalue weighted by Gasteiger charge is -2.21. The number of phenolic OH excluding ortho intramolecular Hbond substituents is 2. The second-order valence-electron chi connectivity index (χ2n) is 12.9. The standard InChI is InChI=1S/C40H58N4O2/c1-9-13-19-29-25-31(21-15-11-3)37(45)33(27-29)39(43(5)6)41-35-23-17-18-24-36(35)42-40(44(7)8)34-28-30(20-14-10-2)26-32(38(34)46)22-16-12-4/h17-18,23-28,45-46H,9-16,19-22H2,1-8H3. The van der Waals surface area contributed by atoms with Crippen LogP contribution in [-0.4, -0.2) is 59.9 Å². The van der Waals surface area contributed by atoms with E-state index in [0.29, 0.717) is 34.5 Å². The molecule has 0 amide bonds. The molecule has 0 unspecified atom stereocenters. The van der Waals surface area contributed by atoms with E-state index in [-0.39, 0.29) is 0 Å². The van der Waals surface area contributed by atoms with Crippen LogP contribution in [0.5, 0.6) is 11.5 Å². The fourth-order valence-electron chi connectivity index (χ4n) is 5.71. The van der Waals surface area contributed by atoms with Crippen LogP contribution in [0.4, 0.5) is 11.4 Å². The number of phenols is 2. The van der Waals surface area contributed by atoms with E-state index in [1.54, 1.807) is 0 Å². The maximum absolute atomic E-state index is 11.5. The summed E-state index contributed by atoms with van der Waals surface area (Å²) in [6.07, 6.45) is 12.2. The molecule has 0 heterocycles. The SMILES string of the molecule is CCCCc1cc(CCCC)c(O)c(C(=Nc2ccccc2N=C(c2cc(CCCC)cc(CCCC)c2O)N(C)C)N(C)C)c1. The zero-order valence-electron chi connectivity index (χ0n) is 29.8. The Labute approximate surface area is 278 Å². The summed E-state index contributed by atoms with van der Waals surface area (Å²) in [5.41, 5.74) is 7.33. The van der Waals surface area contributed by atoms with Gasteiger partial charge in [0.25, 0.3) is 0 Å². The first-order chi connectivity index (χ1) is 22.1. The number of aromatic hydroxyl groups is 2. The largest absolute Gasteiger partial charge is 0.507 e. The Hall–Kier alpha value is -3.80. The van der Waals surface area contributed by atoms with Crippen LogP contribution in [0.2, 0.25) is 0 Å². The van der Waals surface area contributed by atoms with Gasteiger partial charge in [-0.25, -0.2) is 9.98 Å². The number of benzene rings is 3. The van der Waals surface area contributed by atoms with Crippen LogP contribution >= 0.6 is 0 Å². The van der Waals surface area contributed by atoms with Crippen LogP contribution in [0.3, 0.4) is 0 Å². The highest BCUT2D eigenvalue weighted by molar-refractivity contribution is 6.05. The summed E-state index contributed by atoms with van der Waals surface area (Å²) in [4.78, 5) is 14.3. The van der Waals surface area contributed by atoms with Gasteiger partial charge in [-0.05, 0) is 97.9 Å². The highest BCUT2D eigenvalue weighted by Crippen LogP contribution is 2.35. The molecule has 3 aromatic rings. The highest BCUT2D eigenvalue weighted by atomic mass is 16.3. The van der Waals surface area contributed by atoms with Gasteiger partial charge in [0.1, 0.15) is 23.2 Å². The third-order valence-corrected chi connectivity index (χ3v) is 8.40. The number of unbranched alkanes of at least 4 members (excludes halogenated alkanes) is 4. The Bertz CT molecular complexity index is 1360. The van der Waals surface area contributed by atoms with Crippen LogP contribution in [0.15, 0.2) is 58.5 Å². The number of para-hydroxylation sites is 2. The number of amidine groups is 2. The Morgan fingerprint density at radius 3 is 1.22 bits per heavy atom. The summed E-state index contributed by atoms with van der Waals surface area (Å²) in [5, 5.41) is 23.1. The molecule has 6 heteroatoms. The van der Waals surface area contributed by atoms with Crippen LogP contribution in [-0.2, 0) is 25.7 Å². The summed E-state index contributed by atoms with van der Waals surface area (Å²) < 4.78 is 0. The molecular formula is C40H58N4O2. The maximum atomic E-state index is 11.5. The van der Waals surface area contributed by atoms with Crippen molar-refractivity contribution < 1.29 is 10.2 Å². The average Bonchev–Trinajstić information content (AvgIpc) is 3.04. The summed E-state index contributed by atoms with van der Waals surface area (Å²) in [6, 6.07) is 16.4. The molecule has 0 aliphatic heterocycles. The fourth-order valence-corrected chi connectivity index (χ4v) is 5.71. The molecule has 0 spiro atoms. The number of aliphatic imine (C=N–C) groups is 2. The minimum atomic E-state index is 0.310. The normalized spacial score (nSPS) is 12.1. The molecule has 0 aliphatic rings. The van der Waals surface area contributed by atoms with Crippen LogP contribution < -0.4 is 0 Å². The second kappa shape index (κ2) is 18.4. The lowest BCUT2D eigenvalue weighted by atomic mass is 9.96. The van der Waals surface area contributed by atoms with Crippen LogP contribution in [0, 0.1) is 0 Å². The van der Waals surface area contributed by atoms with Crippen molar-refractivity contribution in [3.63, 3.8) is 0 Å². The van der Waals surface area contributed by atoms with E-state index in [2.05, 4.69) is 52.0 Å². The van der Waals surface area contributed by atoms with E-state index in [4.69, 9.17) is 9.98 Å². The molecule has 3 aromatic carbocycles. The lowest BCUT2D eigenvalue weighted by molar-refractivity contribution is 0.462. The maximum Gasteiger partial charge on any atom is 0.139 e. The van der Waals surface area contributed by atoms with Gasteiger partial charge in [-0.3, -0.25) is 0 Å². The highest BCUT2D eigenvalue weighted by Gasteiger charge is 2.20. The topological polar surface area (TPSA) is 71.7 Å². The summed E-state index contributed by atoms with van der Waals surface area (Å²) in [5.74, 6) is 2.00. The molecule has 0 fully saturated rings.